The summed E-state index contributed by atoms with van der Waals surface area (Å²) in [5.41, 5.74) is 8.90. The van der Waals surface area contributed by atoms with Crippen LogP contribution in [-0.4, -0.2) is 17.5 Å². The van der Waals surface area contributed by atoms with Crippen molar-refractivity contribution in [2.45, 2.75) is 6.54 Å². The minimum absolute atomic E-state index is 0.230. The van der Waals surface area contributed by atoms with Crippen molar-refractivity contribution in [2.24, 2.45) is 10.8 Å². The number of nitrogens with zero attached hydrogens (tertiary/aromatic N) is 2. The second-order valence-electron chi connectivity index (χ2n) is 4.95. The molecule has 0 fully saturated rings. The highest BCUT2D eigenvalue weighted by atomic mass is 19.1. The number of nitriles is 1. The number of carbonyl (C=O) groups excluding carboxylic acids is 1. The van der Waals surface area contributed by atoms with Crippen molar-refractivity contribution >= 4 is 23.1 Å². The van der Waals surface area contributed by atoms with Crippen LogP contribution in [0.1, 0.15) is 15.9 Å². The van der Waals surface area contributed by atoms with Crippen molar-refractivity contribution < 1.29 is 9.18 Å². The Balaban J connectivity index is 2.11. The van der Waals surface area contributed by atoms with Crippen LogP contribution in [0.2, 0.25) is 0 Å². The summed E-state index contributed by atoms with van der Waals surface area (Å²) in [6, 6.07) is 14.0. The molecule has 0 bridgehead atoms. The van der Waals surface area contributed by atoms with Gasteiger partial charge < -0.3 is 11.1 Å². The lowest BCUT2D eigenvalue weighted by atomic mass is 10.1. The van der Waals surface area contributed by atoms with Gasteiger partial charge in [0.2, 0.25) is 5.71 Å². The zero-order valence-corrected chi connectivity index (χ0v) is 13.1. The van der Waals surface area contributed by atoms with Crippen LogP contribution in [0.25, 0.3) is 0 Å². The fraction of sp³-hybridized carbons (Fsp3) is 0.0588. The maximum atomic E-state index is 12.9. The maximum absolute atomic E-state index is 12.9. The van der Waals surface area contributed by atoms with E-state index in [2.05, 4.69) is 15.8 Å². The lowest BCUT2D eigenvalue weighted by Gasteiger charge is -2.10. The first kappa shape index (κ1) is 17.6. The Bertz CT molecular complexity index is 854. The van der Waals surface area contributed by atoms with Gasteiger partial charge in [0.1, 0.15) is 11.9 Å². The highest BCUT2D eigenvalue weighted by Gasteiger charge is 2.11. The van der Waals surface area contributed by atoms with E-state index in [0.29, 0.717) is 11.3 Å². The van der Waals surface area contributed by atoms with Crippen LogP contribution in [-0.2, 0) is 6.54 Å². The second-order valence-corrected chi connectivity index (χ2v) is 4.95. The minimum Gasteiger partial charge on any atom is -0.382 e. The predicted molar refractivity (Wildman–Crippen MR) is 92.6 cm³/mol. The largest absolute Gasteiger partial charge is 0.382 e. The quantitative estimate of drug-likeness (QED) is 0.365. The molecule has 0 aromatic heterocycles. The fourth-order valence-electron chi connectivity index (χ4n) is 1.92. The van der Waals surface area contributed by atoms with Crippen LogP contribution < -0.4 is 16.5 Å². The normalized spacial score (nSPS) is 10.6. The number of carbonyl (C=O) groups is 1. The Labute approximate surface area is 143 Å². The Morgan fingerprint density at radius 1 is 1.24 bits per heavy atom. The molecule has 0 saturated heterocycles. The van der Waals surface area contributed by atoms with Crippen LogP contribution in [0.3, 0.4) is 0 Å². The first-order valence-corrected chi connectivity index (χ1v) is 7.21. The number of hydrogen-bond donors (Lipinski definition) is 4. The molecule has 25 heavy (non-hydrogen) atoms. The highest BCUT2D eigenvalue weighted by Crippen LogP contribution is 2.15. The van der Waals surface area contributed by atoms with Crippen molar-refractivity contribution in [1.82, 2.24) is 5.32 Å². The SMILES string of the molecule is N#C/C(=N\Nc1ccccc1C(=O)NCc1ccc(F)cc1)C(=N)N. The van der Waals surface area contributed by atoms with Crippen molar-refractivity contribution in [2.75, 3.05) is 5.43 Å². The smallest absolute Gasteiger partial charge is 0.253 e. The number of hydrazone groups is 1. The number of amides is 1. The summed E-state index contributed by atoms with van der Waals surface area (Å²) in [5.74, 6) is -1.20. The number of rotatable bonds is 6. The number of para-hydroxylation sites is 1. The Morgan fingerprint density at radius 2 is 1.92 bits per heavy atom. The highest BCUT2D eigenvalue weighted by molar-refractivity contribution is 6.45. The zero-order valence-electron chi connectivity index (χ0n) is 13.1. The maximum Gasteiger partial charge on any atom is 0.253 e. The lowest BCUT2D eigenvalue weighted by Crippen LogP contribution is -2.24. The summed E-state index contributed by atoms with van der Waals surface area (Å²) in [5, 5.41) is 22.5. The summed E-state index contributed by atoms with van der Waals surface area (Å²) >= 11 is 0. The molecular weight excluding hydrogens is 323 g/mol. The third-order valence-electron chi connectivity index (χ3n) is 3.19. The van der Waals surface area contributed by atoms with Gasteiger partial charge in [-0.3, -0.25) is 15.6 Å². The van der Waals surface area contributed by atoms with Gasteiger partial charge in [0.15, 0.2) is 5.84 Å². The van der Waals surface area contributed by atoms with Gasteiger partial charge in [-0.2, -0.15) is 10.4 Å². The van der Waals surface area contributed by atoms with Gasteiger partial charge in [-0.25, -0.2) is 4.39 Å². The van der Waals surface area contributed by atoms with E-state index in [0.717, 1.165) is 5.56 Å². The molecule has 5 N–H and O–H groups in total. The molecule has 1 amide bonds. The molecule has 0 heterocycles. The summed E-state index contributed by atoms with van der Waals surface area (Å²) in [7, 11) is 0. The van der Waals surface area contributed by atoms with Crippen LogP contribution >= 0.6 is 0 Å². The van der Waals surface area contributed by atoms with Crippen LogP contribution in [0.5, 0.6) is 0 Å². The van der Waals surface area contributed by atoms with E-state index in [1.54, 1.807) is 42.5 Å². The van der Waals surface area contributed by atoms with Crippen molar-refractivity contribution in [3.8, 4) is 6.07 Å². The van der Waals surface area contributed by atoms with Crippen LogP contribution in [0.4, 0.5) is 10.1 Å². The predicted octanol–water partition coefficient (Wildman–Crippen LogP) is 1.98. The molecule has 8 heteroatoms. The first-order valence-electron chi connectivity index (χ1n) is 7.21. The third kappa shape index (κ3) is 4.87. The minimum atomic E-state index is -0.478. The molecule has 2 aromatic rings. The van der Waals surface area contributed by atoms with Gasteiger partial charge in [-0.1, -0.05) is 24.3 Å². The van der Waals surface area contributed by atoms with E-state index in [4.69, 9.17) is 16.4 Å². The molecule has 0 spiro atoms. The number of amidine groups is 1. The number of halogens is 1. The average Bonchev–Trinajstić information content (AvgIpc) is 2.61. The van der Waals surface area contributed by atoms with E-state index in [-0.39, 0.29) is 24.0 Å². The number of nitrogens with two attached hydrogens (primary N) is 1. The summed E-state index contributed by atoms with van der Waals surface area (Å²) in [6.07, 6.45) is 0. The fourth-order valence-corrected chi connectivity index (χ4v) is 1.92. The summed E-state index contributed by atoms with van der Waals surface area (Å²) in [6.45, 7) is 0.230. The molecule has 7 nitrogen and oxygen atoms in total. The van der Waals surface area contributed by atoms with Gasteiger partial charge in [0.05, 0.1) is 11.3 Å². The summed E-state index contributed by atoms with van der Waals surface area (Å²) < 4.78 is 12.9. The molecule has 126 valence electrons. The van der Waals surface area contributed by atoms with Gasteiger partial charge in [-0.15, -0.1) is 0 Å². The molecule has 0 radical (unpaired) electrons. The van der Waals surface area contributed by atoms with Crippen molar-refractivity contribution in [3.63, 3.8) is 0 Å². The van der Waals surface area contributed by atoms with E-state index >= 15 is 0 Å². The van der Waals surface area contributed by atoms with Crippen molar-refractivity contribution in [3.05, 3.63) is 65.5 Å². The molecule has 0 saturated carbocycles. The number of hydrogen-bond acceptors (Lipinski definition) is 5. The molecule has 0 aliphatic carbocycles. The van der Waals surface area contributed by atoms with Gasteiger partial charge in [0.25, 0.3) is 5.91 Å². The van der Waals surface area contributed by atoms with Crippen LogP contribution in [0, 0.1) is 22.6 Å². The van der Waals surface area contributed by atoms with E-state index in [1.807, 2.05) is 0 Å². The third-order valence-corrected chi connectivity index (χ3v) is 3.19. The molecule has 0 aliphatic heterocycles. The summed E-state index contributed by atoms with van der Waals surface area (Å²) in [4.78, 5) is 12.3. The van der Waals surface area contributed by atoms with Gasteiger partial charge >= 0.3 is 0 Å². The molecular formula is C17H15FN6O. The van der Waals surface area contributed by atoms with E-state index < -0.39 is 5.84 Å². The number of benzene rings is 2. The monoisotopic (exact) mass is 338 g/mol. The zero-order chi connectivity index (χ0) is 18.2. The standard InChI is InChI=1S/C17H15FN6O/c18-12-7-5-11(6-8-12)10-22-17(25)13-3-1-2-4-14(13)23-24-15(9-19)16(20)21/h1-8,23H,10H2,(H3,20,21)(H,22,25)/b24-15+. The molecule has 0 atom stereocenters. The lowest BCUT2D eigenvalue weighted by molar-refractivity contribution is 0.0951. The number of nitrogens with one attached hydrogen (secondary N) is 3. The Morgan fingerprint density at radius 3 is 2.56 bits per heavy atom. The molecule has 2 aromatic carbocycles. The number of anilines is 1. The van der Waals surface area contributed by atoms with E-state index in [9.17, 15) is 9.18 Å². The van der Waals surface area contributed by atoms with Gasteiger partial charge in [-0.05, 0) is 29.8 Å². The van der Waals surface area contributed by atoms with Crippen LogP contribution in [0.15, 0.2) is 53.6 Å². The van der Waals surface area contributed by atoms with Gasteiger partial charge in [0, 0.05) is 6.54 Å². The molecule has 2 rings (SSSR count). The average molecular weight is 338 g/mol. The Hall–Kier alpha value is -3.73. The van der Waals surface area contributed by atoms with E-state index in [1.165, 1.54) is 12.1 Å². The Kier molecular flexibility index (Phi) is 5.79. The van der Waals surface area contributed by atoms with Crippen molar-refractivity contribution in [1.29, 1.82) is 10.7 Å². The second kappa shape index (κ2) is 8.21. The first-order chi connectivity index (χ1) is 12.0. The molecule has 0 unspecified atom stereocenters. The topological polar surface area (TPSA) is 127 Å². The molecule has 0 aliphatic rings.